The molecule has 0 atom stereocenters. The molecule has 1 amide bonds. The molecule has 0 bridgehead atoms. The normalized spacial score (nSPS) is 10.3. The number of nitrogens with zero attached hydrogens (tertiary/aromatic N) is 1. The van der Waals surface area contributed by atoms with E-state index in [0.717, 1.165) is 24.3 Å². The summed E-state index contributed by atoms with van der Waals surface area (Å²) in [7, 11) is 0. The van der Waals surface area contributed by atoms with Crippen molar-refractivity contribution in [2.24, 2.45) is 0 Å². The standard InChI is InChI=1S/C18H23N3O/c1-4-21(5-2)16-9-10-17(13(3)11-16)20-18(22)14-7-6-8-15(19)12-14/h6-12H,4-5,19H2,1-3H3,(H,20,22). The molecule has 0 radical (unpaired) electrons. The first kappa shape index (κ1) is 15.9. The van der Waals surface area contributed by atoms with Crippen molar-refractivity contribution < 1.29 is 4.79 Å². The molecule has 0 saturated heterocycles. The summed E-state index contributed by atoms with van der Waals surface area (Å²) >= 11 is 0. The van der Waals surface area contributed by atoms with Crippen LogP contribution in [0.5, 0.6) is 0 Å². The van der Waals surface area contributed by atoms with E-state index in [4.69, 9.17) is 5.73 Å². The van der Waals surface area contributed by atoms with Gasteiger partial charge in [-0.05, 0) is 62.7 Å². The molecule has 4 heteroatoms. The number of aryl methyl sites for hydroxylation is 1. The fraction of sp³-hybridized carbons (Fsp3) is 0.278. The number of carbonyl (C=O) groups excluding carboxylic acids is 1. The van der Waals surface area contributed by atoms with Gasteiger partial charge in [-0.25, -0.2) is 0 Å². The van der Waals surface area contributed by atoms with E-state index in [-0.39, 0.29) is 5.91 Å². The van der Waals surface area contributed by atoms with Crippen molar-refractivity contribution in [3.05, 3.63) is 53.6 Å². The van der Waals surface area contributed by atoms with Crippen molar-refractivity contribution in [3.8, 4) is 0 Å². The van der Waals surface area contributed by atoms with Gasteiger partial charge in [0.05, 0.1) is 0 Å². The van der Waals surface area contributed by atoms with Gasteiger partial charge in [0.15, 0.2) is 0 Å². The van der Waals surface area contributed by atoms with E-state index in [9.17, 15) is 4.79 Å². The maximum Gasteiger partial charge on any atom is 0.255 e. The lowest BCUT2D eigenvalue weighted by atomic mass is 10.1. The molecule has 0 unspecified atom stereocenters. The zero-order chi connectivity index (χ0) is 16.1. The van der Waals surface area contributed by atoms with Crippen molar-refractivity contribution in [2.45, 2.75) is 20.8 Å². The number of rotatable bonds is 5. The summed E-state index contributed by atoms with van der Waals surface area (Å²) in [5, 5.41) is 2.94. The van der Waals surface area contributed by atoms with Crippen molar-refractivity contribution in [1.82, 2.24) is 0 Å². The molecular formula is C18H23N3O. The number of benzene rings is 2. The summed E-state index contributed by atoms with van der Waals surface area (Å²) in [6, 6.07) is 13.1. The molecule has 3 N–H and O–H groups in total. The van der Waals surface area contributed by atoms with Crippen LogP contribution in [0.25, 0.3) is 0 Å². The third-order valence-electron chi connectivity index (χ3n) is 3.74. The van der Waals surface area contributed by atoms with Crippen LogP contribution in [0.15, 0.2) is 42.5 Å². The Labute approximate surface area is 131 Å². The van der Waals surface area contributed by atoms with Crippen LogP contribution in [0.4, 0.5) is 17.1 Å². The Kier molecular flexibility index (Phi) is 5.04. The number of carbonyl (C=O) groups is 1. The first-order valence-corrected chi connectivity index (χ1v) is 7.57. The Morgan fingerprint density at radius 3 is 2.45 bits per heavy atom. The summed E-state index contributed by atoms with van der Waals surface area (Å²) in [6.07, 6.45) is 0. The first-order valence-electron chi connectivity index (χ1n) is 7.57. The van der Waals surface area contributed by atoms with E-state index in [1.165, 1.54) is 5.69 Å². The Hall–Kier alpha value is -2.49. The highest BCUT2D eigenvalue weighted by molar-refractivity contribution is 6.05. The minimum atomic E-state index is -0.147. The van der Waals surface area contributed by atoms with Crippen LogP contribution < -0.4 is 16.0 Å². The average molecular weight is 297 g/mol. The summed E-state index contributed by atoms with van der Waals surface area (Å²) < 4.78 is 0. The van der Waals surface area contributed by atoms with Gasteiger partial charge >= 0.3 is 0 Å². The molecule has 2 aromatic rings. The molecule has 0 aromatic heterocycles. The van der Waals surface area contributed by atoms with Gasteiger partial charge in [0.1, 0.15) is 0 Å². The largest absolute Gasteiger partial charge is 0.399 e. The van der Waals surface area contributed by atoms with Gasteiger partial charge in [-0.15, -0.1) is 0 Å². The van der Waals surface area contributed by atoms with Gasteiger partial charge < -0.3 is 16.0 Å². The van der Waals surface area contributed by atoms with E-state index < -0.39 is 0 Å². The Morgan fingerprint density at radius 2 is 1.86 bits per heavy atom. The number of nitrogens with one attached hydrogen (secondary N) is 1. The third kappa shape index (κ3) is 3.58. The number of anilines is 3. The predicted molar refractivity (Wildman–Crippen MR) is 93.5 cm³/mol. The molecule has 2 rings (SSSR count). The van der Waals surface area contributed by atoms with E-state index in [1.54, 1.807) is 24.3 Å². The van der Waals surface area contributed by atoms with Crippen LogP contribution in [0.3, 0.4) is 0 Å². The number of nitrogens with two attached hydrogens (primary N) is 1. The second-order valence-electron chi connectivity index (χ2n) is 5.25. The van der Waals surface area contributed by atoms with Crippen LogP contribution in [-0.2, 0) is 0 Å². The number of nitrogen functional groups attached to an aromatic ring is 1. The molecule has 0 aliphatic heterocycles. The van der Waals surface area contributed by atoms with E-state index >= 15 is 0 Å². The molecule has 0 saturated carbocycles. The first-order chi connectivity index (χ1) is 10.5. The van der Waals surface area contributed by atoms with Crippen LogP contribution in [0, 0.1) is 6.92 Å². The van der Waals surface area contributed by atoms with Gasteiger partial charge in [0.2, 0.25) is 0 Å². The summed E-state index contributed by atoms with van der Waals surface area (Å²) in [5.74, 6) is -0.147. The smallest absolute Gasteiger partial charge is 0.255 e. The third-order valence-corrected chi connectivity index (χ3v) is 3.74. The van der Waals surface area contributed by atoms with E-state index in [2.05, 4.69) is 30.1 Å². The van der Waals surface area contributed by atoms with Crippen molar-refractivity contribution in [1.29, 1.82) is 0 Å². The fourth-order valence-corrected chi connectivity index (χ4v) is 2.45. The summed E-state index contributed by atoms with van der Waals surface area (Å²) in [5.41, 5.74) is 9.90. The molecule has 0 aliphatic rings. The van der Waals surface area contributed by atoms with Gasteiger partial charge in [-0.3, -0.25) is 4.79 Å². The lowest BCUT2D eigenvalue weighted by molar-refractivity contribution is 0.102. The zero-order valence-electron chi connectivity index (χ0n) is 13.4. The van der Waals surface area contributed by atoms with Crippen LogP contribution in [0.1, 0.15) is 29.8 Å². The topological polar surface area (TPSA) is 58.4 Å². The predicted octanol–water partition coefficient (Wildman–Crippen LogP) is 3.68. The zero-order valence-corrected chi connectivity index (χ0v) is 13.4. The lowest BCUT2D eigenvalue weighted by Crippen LogP contribution is -2.22. The Balaban J connectivity index is 2.18. The van der Waals surface area contributed by atoms with Crippen LogP contribution in [0.2, 0.25) is 0 Å². The number of hydrogen-bond donors (Lipinski definition) is 2. The van der Waals surface area contributed by atoms with Gasteiger partial charge in [0, 0.05) is 35.7 Å². The Bertz CT molecular complexity index is 663. The molecule has 4 nitrogen and oxygen atoms in total. The minimum absolute atomic E-state index is 0.147. The highest BCUT2D eigenvalue weighted by Crippen LogP contribution is 2.23. The van der Waals surface area contributed by atoms with Gasteiger partial charge in [-0.1, -0.05) is 6.07 Å². The second-order valence-corrected chi connectivity index (χ2v) is 5.25. The lowest BCUT2D eigenvalue weighted by Gasteiger charge is -2.22. The number of amides is 1. The summed E-state index contributed by atoms with van der Waals surface area (Å²) in [4.78, 5) is 14.5. The van der Waals surface area contributed by atoms with Gasteiger partial charge in [-0.2, -0.15) is 0 Å². The molecular weight excluding hydrogens is 274 g/mol. The van der Waals surface area contributed by atoms with Gasteiger partial charge in [0.25, 0.3) is 5.91 Å². The monoisotopic (exact) mass is 297 g/mol. The highest BCUT2D eigenvalue weighted by atomic mass is 16.1. The van der Waals surface area contributed by atoms with Crippen molar-refractivity contribution >= 4 is 23.0 Å². The van der Waals surface area contributed by atoms with Crippen LogP contribution >= 0.6 is 0 Å². The fourth-order valence-electron chi connectivity index (χ4n) is 2.45. The minimum Gasteiger partial charge on any atom is -0.399 e. The van der Waals surface area contributed by atoms with E-state index in [1.807, 2.05) is 19.1 Å². The maximum absolute atomic E-state index is 12.3. The Morgan fingerprint density at radius 1 is 1.14 bits per heavy atom. The number of hydrogen-bond acceptors (Lipinski definition) is 3. The molecule has 0 aliphatic carbocycles. The molecule has 0 heterocycles. The summed E-state index contributed by atoms with van der Waals surface area (Å²) in [6.45, 7) is 8.19. The average Bonchev–Trinajstić information content (AvgIpc) is 2.51. The van der Waals surface area contributed by atoms with Crippen molar-refractivity contribution in [3.63, 3.8) is 0 Å². The quantitative estimate of drug-likeness (QED) is 0.828. The highest BCUT2D eigenvalue weighted by Gasteiger charge is 2.09. The SMILES string of the molecule is CCN(CC)c1ccc(NC(=O)c2cccc(N)c2)c(C)c1. The molecule has 116 valence electrons. The molecule has 0 fully saturated rings. The van der Waals surface area contributed by atoms with E-state index in [0.29, 0.717) is 11.3 Å². The van der Waals surface area contributed by atoms with Crippen molar-refractivity contribution in [2.75, 3.05) is 29.0 Å². The molecule has 22 heavy (non-hydrogen) atoms. The maximum atomic E-state index is 12.3. The second kappa shape index (κ2) is 6.98. The van der Waals surface area contributed by atoms with Crippen LogP contribution in [-0.4, -0.2) is 19.0 Å². The molecule has 2 aromatic carbocycles. The molecule has 0 spiro atoms.